The number of hydrogen-bond acceptors (Lipinski definition) is 3. The highest BCUT2D eigenvalue weighted by Gasteiger charge is 2.05. The number of nitrogens with zero attached hydrogens (tertiary/aromatic N) is 1. The van der Waals surface area contributed by atoms with Crippen LogP contribution in [0.15, 0.2) is 36.5 Å². The zero-order chi connectivity index (χ0) is 15.8. The molecule has 2 rings (SSSR count). The number of nitrogens with one attached hydrogen (secondary N) is 2. The Hall–Kier alpha value is -2.43. The molecular weight excluding hydrogens is 278 g/mol. The smallest absolute Gasteiger partial charge is 0.251 e. The first-order valence-electron chi connectivity index (χ1n) is 7.54. The first kappa shape index (κ1) is 15.9. The molecule has 0 fully saturated rings. The summed E-state index contributed by atoms with van der Waals surface area (Å²) in [6.07, 6.45) is 4.54. The lowest BCUT2D eigenvalue weighted by molar-refractivity contribution is -0.118. The molecule has 2 aromatic rings. The van der Waals surface area contributed by atoms with Crippen LogP contribution in [0.25, 0.3) is 10.9 Å². The van der Waals surface area contributed by atoms with Gasteiger partial charge in [0.1, 0.15) is 0 Å². The Morgan fingerprint density at radius 3 is 2.59 bits per heavy atom. The van der Waals surface area contributed by atoms with E-state index in [1.165, 1.54) is 6.92 Å². The van der Waals surface area contributed by atoms with Crippen LogP contribution >= 0.6 is 0 Å². The van der Waals surface area contributed by atoms with Crippen molar-refractivity contribution >= 4 is 22.7 Å². The molecule has 22 heavy (non-hydrogen) atoms. The van der Waals surface area contributed by atoms with E-state index in [4.69, 9.17) is 0 Å². The van der Waals surface area contributed by atoms with E-state index in [2.05, 4.69) is 15.6 Å². The molecule has 0 saturated heterocycles. The number of carbonyl (C=O) groups excluding carboxylic acids is 2. The summed E-state index contributed by atoms with van der Waals surface area (Å²) in [4.78, 5) is 27.0. The van der Waals surface area contributed by atoms with Gasteiger partial charge in [0.05, 0.1) is 5.52 Å². The SMILES string of the molecule is CC(=O)NCCCCCNC(=O)c1ccc2ncccc2c1. The van der Waals surface area contributed by atoms with E-state index in [-0.39, 0.29) is 11.8 Å². The molecule has 1 aromatic carbocycles. The average Bonchev–Trinajstić information content (AvgIpc) is 2.53. The number of carbonyl (C=O) groups is 2. The molecular formula is C17H21N3O2. The molecule has 2 N–H and O–H groups in total. The lowest BCUT2D eigenvalue weighted by Crippen LogP contribution is -2.25. The zero-order valence-corrected chi connectivity index (χ0v) is 12.8. The molecule has 5 nitrogen and oxygen atoms in total. The lowest BCUT2D eigenvalue weighted by atomic mass is 10.1. The largest absolute Gasteiger partial charge is 0.356 e. The summed E-state index contributed by atoms with van der Waals surface area (Å²) in [5.74, 6) is -0.0632. The van der Waals surface area contributed by atoms with Gasteiger partial charge in [0, 0.05) is 37.2 Å². The first-order valence-corrected chi connectivity index (χ1v) is 7.54. The highest BCUT2D eigenvalue weighted by Crippen LogP contribution is 2.13. The number of aromatic nitrogens is 1. The van der Waals surface area contributed by atoms with Gasteiger partial charge in [-0.05, 0) is 43.5 Å². The summed E-state index contributed by atoms with van der Waals surface area (Å²) in [5, 5.41) is 6.64. The zero-order valence-electron chi connectivity index (χ0n) is 12.8. The van der Waals surface area contributed by atoms with Crippen molar-refractivity contribution < 1.29 is 9.59 Å². The Labute approximate surface area is 130 Å². The summed E-state index contributed by atoms with van der Waals surface area (Å²) >= 11 is 0. The van der Waals surface area contributed by atoms with Crippen molar-refractivity contribution in [3.8, 4) is 0 Å². The van der Waals surface area contributed by atoms with Crippen LogP contribution < -0.4 is 10.6 Å². The predicted molar refractivity (Wildman–Crippen MR) is 86.6 cm³/mol. The van der Waals surface area contributed by atoms with Gasteiger partial charge < -0.3 is 10.6 Å². The fourth-order valence-electron chi connectivity index (χ4n) is 2.21. The van der Waals surface area contributed by atoms with E-state index in [1.807, 2.05) is 24.3 Å². The maximum Gasteiger partial charge on any atom is 0.251 e. The molecule has 0 saturated carbocycles. The quantitative estimate of drug-likeness (QED) is 0.770. The lowest BCUT2D eigenvalue weighted by Gasteiger charge is -2.06. The average molecular weight is 299 g/mol. The van der Waals surface area contributed by atoms with Crippen LogP contribution in [0.5, 0.6) is 0 Å². The van der Waals surface area contributed by atoms with Crippen LogP contribution in [0.1, 0.15) is 36.5 Å². The number of hydrogen-bond donors (Lipinski definition) is 2. The molecule has 0 bridgehead atoms. The van der Waals surface area contributed by atoms with Gasteiger partial charge in [-0.2, -0.15) is 0 Å². The van der Waals surface area contributed by atoms with Gasteiger partial charge in [-0.25, -0.2) is 0 Å². The van der Waals surface area contributed by atoms with Crippen LogP contribution in [0.2, 0.25) is 0 Å². The molecule has 1 aromatic heterocycles. The van der Waals surface area contributed by atoms with Crippen molar-refractivity contribution in [2.45, 2.75) is 26.2 Å². The molecule has 0 radical (unpaired) electrons. The number of amides is 2. The number of unbranched alkanes of at least 4 members (excludes halogenated alkanes) is 2. The summed E-state index contributed by atoms with van der Waals surface area (Å²) in [6, 6.07) is 9.31. The van der Waals surface area contributed by atoms with Crippen LogP contribution in [0.4, 0.5) is 0 Å². The van der Waals surface area contributed by atoms with E-state index in [9.17, 15) is 9.59 Å². The maximum atomic E-state index is 12.1. The highest BCUT2D eigenvalue weighted by atomic mass is 16.2. The number of fused-ring (bicyclic) bond motifs is 1. The molecule has 0 atom stereocenters. The predicted octanol–water partition coefficient (Wildman–Crippen LogP) is 2.27. The third kappa shape index (κ3) is 4.84. The monoisotopic (exact) mass is 299 g/mol. The van der Waals surface area contributed by atoms with Crippen LogP contribution in [-0.2, 0) is 4.79 Å². The van der Waals surface area contributed by atoms with Gasteiger partial charge in [-0.15, -0.1) is 0 Å². The van der Waals surface area contributed by atoms with E-state index in [0.29, 0.717) is 18.7 Å². The topological polar surface area (TPSA) is 71.1 Å². The molecule has 5 heteroatoms. The number of pyridine rings is 1. The van der Waals surface area contributed by atoms with Crippen LogP contribution in [-0.4, -0.2) is 29.9 Å². The Kier molecular flexibility index (Phi) is 5.89. The van der Waals surface area contributed by atoms with E-state index in [1.54, 1.807) is 12.3 Å². The van der Waals surface area contributed by atoms with Gasteiger partial charge in [-0.1, -0.05) is 6.07 Å². The molecule has 1 heterocycles. The third-order valence-corrected chi connectivity index (χ3v) is 3.38. The third-order valence-electron chi connectivity index (χ3n) is 3.38. The standard InChI is InChI=1S/C17H21N3O2/c1-13(21)18-9-3-2-4-10-20-17(22)15-7-8-16-14(12-15)6-5-11-19-16/h5-8,11-12H,2-4,9-10H2,1H3,(H,18,21)(H,20,22). The van der Waals surface area contributed by atoms with Gasteiger partial charge in [0.2, 0.25) is 5.91 Å². The van der Waals surface area contributed by atoms with Gasteiger partial charge in [-0.3, -0.25) is 14.6 Å². The second kappa shape index (κ2) is 8.12. The van der Waals surface area contributed by atoms with Crippen LogP contribution in [0, 0.1) is 0 Å². The molecule has 0 unspecified atom stereocenters. The Bertz CT molecular complexity index is 655. The highest BCUT2D eigenvalue weighted by molar-refractivity contribution is 5.97. The number of benzene rings is 1. The first-order chi connectivity index (χ1) is 10.7. The Morgan fingerprint density at radius 2 is 1.82 bits per heavy atom. The van der Waals surface area contributed by atoms with Crippen molar-refractivity contribution in [3.05, 3.63) is 42.1 Å². The van der Waals surface area contributed by atoms with Gasteiger partial charge >= 0.3 is 0 Å². The molecule has 0 aliphatic heterocycles. The van der Waals surface area contributed by atoms with E-state index >= 15 is 0 Å². The molecule has 0 aliphatic rings. The van der Waals surface area contributed by atoms with E-state index < -0.39 is 0 Å². The summed E-state index contributed by atoms with van der Waals surface area (Å²) in [7, 11) is 0. The minimum Gasteiger partial charge on any atom is -0.356 e. The van der Waals surface area contributed by atoms with Crippen molar-refractivity contribution in [1.29, 1.82) is 0 Å². The number of rotatable bonds is 7. The minimum absolute atomic E-state index is 0.000836. The second-order valence-electron chi connectivity index (χ2n) is 5.21. The summed E-state index contributed by atoms with van der Waals surface area (Å²) < 4.78 is 0. The fraction of sp³-hybridized carbons (Fsp3) is 0.353. The summed E-state index contributed by atoms with van der Waals surface area (Å²) in [6.45, 7) is 2.85. The molecule has 116 valence electrons. The van der Waals surface area contributed by atoms with E-state index in [0.717, 1.165) is 30.2 Å². The minimum atomic E-state index is -0.0624. The van der Waals surface area contributed by atoms with Crippen LogP contribution in [0.3, 0.4) is 0 Å². The molecule has 0 aliphatic carbocycles. The summed E-state index contributed by atoms with van der Waals surface area (Å²) in [5.41, 5.74) is 1.54. The maximum absolute atomic E-state index is 12.1. The van der Waals surface area contributed by atoms with Crippen molar-refractivity contribution in [2.24, 2.45) is 0 Å². The fourth-order valence-corrected chi connectivity index (χ4v) is 2.21. The van der Waals surface area contributed by atoms with Crippen molar-refractivity contribution in [1.82, 2.24) is 15.6 Å². The normalized spacial score (nSPS) is 10.4. The van der Waals surface area contributed by atoms with Crippen molar-refractivity contribution in [3.63, 3.8) is 0 Å². The second-order valence-corrected chi connectivity index (χ2v) is 5.21. The van der Waals surface area contributed by atoms with Crippen molar-refractivity contribution in [2.75, 3.05) is 13.1 Å². The Morgan fingerprint density at radius 1 is 1.05 bits per heavy atom. The molecule has 0 spiro atoms. The Balaban J connectivity index is 1.73. The molecule has 2 amide bonds. The van der Waals surface area contributed by atoms with Gasteiger partial charge in [0.15, 0.2) is 0 Å². The van der Waals surface area contributed by atoms with Gasteiger partial charge in [0.25, 0.3) is 5.91 Å².